The van der Waals surface area contributed by atoms with Crippen molar-refractivity contribution in [2.24, 2.45) is 0 Å². The molecule has 2 atom stereocenters. The fraction of sp³-hybridized carbons (Fsp3) is 0.642. The first-order chi connectivity index (χ1) is 47.4. The Morgan fingerprint density at radius 3 is 1.34 bits per heavy atom. The topological polar surface area (TPSA) is 326 Å². The van der Waals surface area contributed by atoms with Gasteiger partial charge < -0.3 is 85.5 Å². The molecule has 3 heterocycles. The van der Waals surface area contributed by atoms with Crippen molar-refractivity contribution >= 4 is 55.1 Å². The van der Waals surface area contributed by atoms with Gasteiger partial charge >= 0.3 is 5.97 Å². The van der Waals surface area contributed by atoms with Gasteiger partial charge in [-0.1, -0.05) is 30.4 Å². The molecule has 2 amide bonds. The molecule has 0 aromatic heterocycles. The van der Waals surface area contributed by atoms with Crippen LogP contribution in [-0.2, 0) is 126 Å². The minimum Gasteiger partial charge on any atom is -0.382 e. The summed E-state index contributed by atoms with van der Waals surface area (Å²) in [5.41, 5.74) is 2.75. The van der Waals surface area contributed by atoms with Crippen LogP contribution in [0.3, 0.4) is 0 Å². The maximum absolute atomic E-state index is 12.7. The molecule has 0 radical (unpaired) electrons. The number of allylic oxidation sites excluding steroid dienone is 8. The number of anilines is 1. The molecule has 552 valence electrons. The van der Waals surface area contributed by atoms with Gasteiger partial charge in [0.2, 0.25) is 5.69 Å². The van der Waals surface area contributed by atoms with Crippen LogP contribution in [-0.4, -0.2) is 285 Å². The predicted octanol–water partition coefficient (Wildman–Crippen LogP) is 4.80. The van der Waals surface area contributed by atoms with Gasteiger partial charge in [-0.25, -0.2) is 4.79 Å². The second kappa shape index (κ2) is 47.0. The van der Waals surface area contributed by atoms with E-state index in [4.69, 9.17) is 80.6 Å². The Morgan fingerprint density at radius 2 is 0.867 bits per heavy atom. The molecule has 0 spiro atoms. The molecule has 2 N–H and O–H groups in total. The number of rotatable bonds is 58. The Bertz CT molecular complexity index is 3070. The van der Waals surface area contributed by atoms with Gasteiger partial charge in [0.1, 0.15) is 6.61 Å². The summed E-state index contributed by atoms with van der Waals surface area (Å²) in [5.74, 6) is -1.86. The van der Waals surface area contributed by atoms with Gasteiger partial charge in [0.05, 0.1) is 193 Å². The molecule has 0 aliphatic carbocycles. The molecule has 98 heavy (non-hydrogen) atoms. The smallest absolute Gasteiger partial charge is 0.335 e. The van der Waals surface area contributed by atoms with Gasteiger partial charge in [-0.15, -0.1) is 5.06 Å². The summed E-state index contributed by atoms with van der Waals surface area (Å²) in [7, 11) is -4.35. The third-order valence-corrected chi connectivity index (χ3v) is 17.4. The third-order valence-electron chi connectivity index (χ3n) is 15.7. The highest BCUT2D eigenvalue weighted by Crippen LogP contribution is 2.51. The number of amides is 2. The number of methoxy groups -OCH3 is 3. The van der Waals surface area contributed by atoms with Crippen molar-refractivity contribution in [2.75, 3.05) is 231 Å². The molecular weight excluding hydrogens is 1330 g/mol. The van der Waals surface area contributed by atoms with E-state index in [9.17, 15) is 40.3 Å². The Morgan fingerprint density at radius 1 is 0.480 bits per heavy atom. The number of carbonyl (C=O) groups is 3. The first-order valence-corrected chi connectivity index (χ1v) is 35.7. The van der Waals surface area contributed by atoms with Crippen LogP contribution in [0.15, 0.2) is 94.4 Å². The number of hydrogen-bond donors (Lipinski definition) is 2. The summed E-state index contributed by atoms with van der Waals surface area (Å²) in [5, 5.41) is 0.496. The normalized spacial score (nSPS) is 17.8. The SMILES string of the molecule is COCCOCCOCCOCC[N+]1=C(C=CC=CC=CC=C2N(CCOCCOCCOCCOCCC(=O)ON3C(=O)CCC3=O)c3ccc(S(=O)(=O)O)cc3C2(C)CCOCCOCCOCCOC)C(C)(CCOCCOCCOCCOC)c2cc(S(=O)(=O)O)ccc21. The first kappa shape index (κ1) is 83.3. The lowest BCUT2D eigenvalue weighted by Crippen LogP contribution is -2.33. The van der Waals surface area contributed by atoms with E-state index < -0.39 is 48.8 Å². The molecule has 2 unspecified atom stereocenters. The van der Waals surface area contributed by atoms with Crippen LogP contribution in [0.25, 0.3) is 0 Å². The van der Waals surface area contributed by atoms with Gasteiger partial charge in [-0.2, -0.15) is 21.4 Å². The number of ether oxygens (including phenoxy) is 16. The molecule has 31 heteroatoms. The van der Waals surface area contributed by atoms with E-state index in [1.165, 1.54) is 24.3 Å². The summed E-state index contributed by atoms with van der Waals surface area (Å²) in [6.07, 6.45) is 14.0. The Labute approximate surface area is 576 Å². The second-order valence-electron chi connectivity index (χ2n) is 22.6. The number of hydroxylamine groups is 2. The van der Waals surface area contributed by atoms with E-state index in [0.717, 1.165) is 17.1 Å². The van der Waals surface area contributed by atoms with E-state index >= 15 is 0 Å². The Balaban J connectivity index is 1.30. The number of fused-ring (bicyclic) bond motifs is 2. The summed E-state index contributed by atoms with van der Waals surface area (Å²) < 4.78 is 163. The predicted molar refractivity (Wildman–Crippen MR) is 357 cm³/mol. The van der Waals surface area contributed by atoms with E-state index in [-0.39, 0.29) is 95.1 Å². The lowest BCUT2D eigenvalue weighted by atomic mass is 9.76. The summed E-state index contributed by atoms with van der Waals surface area (Å²) in [4.78, 5) is 41.7. The first-order valence-electron chi connectivity index (χ1n) is 32.8. The Kier molecular flexibility index (Phi) is 39.9. The molecule has 29 nitrogen and oxygen atoms in total. The third kappa shape index (κ3) is 29.3. The molecular formula is C67H102N3O26S2+. The maximum Gasteiger partial charge on any atom is 0.335 e. The van der Waals surface area contributed by atoms with Crippen molar-refractivity contribution in [3.8, 4) is 0 Å². The zero-order chi connectivity index (χ0) is 70.8. The minimum absolute atomic E-state index is 0.00910. The monoisotopic (exact) mass is 1430 g/mol. The van der Waals surface area contributed by atoms with Crippen molar-refractivity contribution in [3.05, 3.63) is 95.8 Å². The van der Waals surface area contributed by atoms with Gasteiger partial charge in [0.15, 0.2) is 12.3 Å². The number of nitrogens with zero attached hydrogens (tertiary/aromatic N) is 3. The number of hydrogen-bond acceptors (Lipinski definition) is 25. The lowest BCUT2D eigenvalue weighted by Gasteiger charge is -2.30. The number of benzene rings is 2. The van der Waals surface area contributed by atoms with Crippen molar-refractivity contribution in [1.82, 2.24) is 5.06 Å². The van der Waals surface area contributed by atoms with Gasteiger partial charge in [-0.3, -0.25) is 18.7 Å². The summed E-state index contributed by atoms with van der Waals surface area (Å²) >= 11 is 0. The molecule has 0 saturated carbocycles. The standard InChI is InChI=1S/C67H101N3O26S2/c1-66(20-25-84-36-41-92-48-45-88-32-29-80-3)57-53-55(97(74,75)76)13-15-59(57)68(22-27-86-38-43-94-50-47-90-34-31-82-5)61(66)11-9-7-6-8-10-12-62-67(2,21-26-85-37-42-93-49-46-89-33-30-81-4)58-54-56(98(77,78)79)14-16-60(58)69(62)23-28-87-39-44-95-52-51-91-40-35-83-24-19-65(73)96-70-63(71)17-18-64(70)72/h6-16,53-54H,17-52H2,1-5H3,(H-,74,75,76,77,78,79)/p+1. The maximum atomic E-state index is 12.7. The average Bonchev–Trinajstić information content (AvgIpc) is 1.59. The highest BCUT2D eigenvalue weighted by Gasteiger charge is 2.48. The van der Waals surface area contributed by atoms with Crippen LogP contribution >= 0.6 is 0 Å². The quantitative estimate of drug-likeness (QED) is 0.0295. The van der Waals surface area contributed by atoms with Crippen LogP contribution in [0, 0.1) is 0 Å². The molecule has 1 fully saturated rings. The van der Waals surface area contributed by atoms with Crippen LogP contribution < -0.4 is 4.90 Å². The molecule has 3 aliphatic rings. The van der Waals surface area contributed by atoms with Crippen molar-refractivity contribution in [3.63, 3.8) is 0 Å². The fourth-order valence-corrected chi connectivity index (χ4v) is 11.5. The summed E-state index contributed by atoms with van der Waals surface area (Å²) in [6, 6.07) is 9.12. The largest absolute Gasteiger partial charge is 0.382 e. The zero-order valence-electron chi connectivity index (χ0n) is 57.3. The molecule has 0 bridgehead atoms. The lowest BCUT2D eigenvalue weighted by molar-refractivity contribution is -0.442. The zero-order valence-corrected chi connectivity index (χ0v) is 58.9. The van der Waals surface area contributed by atoms with Crippen LogP contribution in [0.1, 0.15) is 57.1 Å². The number of carbonyl (C=O) groups excluding carboxylic acids is 3. The fourth-order valence-electron chi connectivity index (χ4n) is 10.5. The second-order valence-corrected chi connectivity index (χ2v) is 25.4. The molecule has 1 saturated heterocycles. The van der Waals surface area contributed by atoms with Gasteiger partial charge in [-0.05, 0) is 68.7 Å². The van der Waals surface area contributed by atoms with Crippen LogP contribution in [0.4, 0.5) is 11.4 Å². The highest BCUT2D eigenvalue weighted by molar-refractivity contribution is 7.86. The van der Waals surface area contributed by atoms with E-state index in [1.807, 2.05) is 56.4 Å². The number of imide groups is 1. The molecule has 2 aromatic rings. The molecule has 2 aromatic carbocycles. The van der Waals surface area contributed by atoms with Crippen molar-refractivity contribution < 1.29 is 126 Å². The highest BCUT2D eigenvalue weighted by atomic mass is 32.2. The Hall–Kier alpha value is -5.34. The molecule has 3 aliphatic heterocycles. The van der Waals surface area contributed by atoms with E-state index in [2.05, 4.69) is 9.48 Å². The average molecular weight is 1430 g/mol. The van der Waals surface area contributed by atoms with Gasteiger partial charge in [0.25, 0.3) is 32.1 Å². The van der Waals surface area contributed by atoms with Crippen molar-refractivity contribution in [2.45, 2.75) is 66.6 Å². The van der Waals surface area contributed by atoms with E-state index in [1.54, 1.807) is 33.5 Å². The van der Waals surface area contributed by atoms with Crippen LogP contribution in [0.2, 0.25) is 0 Å². The molecule has 5 rings (SSSR count). The van der Waals surface area contributed by atoms with Crippen molar-refractivity contribution in [1.29, 1.82) is 0 Å². The van der Waals surface area contributed by atoms with Crippen LogP contribution in [0.5, 0.6) is 0 Å². The van der Waals surface area contributed by atoms with Gasteiger partial charge in [0, 0.05) is 88.4 Å². The van der Waals surface area contributed by atoms with E-state index in [0.29, 0.717) is 173 Å². The summed E-state index contributed by atoms with van der Waals surface area (Å²) in [6.45, 7) is 14.5. The minimum atomic E-state index is -4.60.